The van der Waals surface area contributed by atoms with Crippen LogP contribution in [0.15, 0.2) is 65.7 Å². The van der Waals surface area contributed by atoms with E-state index in [1.54, 1.807) is 48.5 Å². The summed E-state index contributed by atoms with van der Waals surface area (Å²) in [4.78, 5) is 40.1. The number of hydrogen-bond acceptors (Lipinski definition) is 4. The maximum absolute atomic E-state index is 12.3. The van der Waals surface area contributed by atoms with Crippen molar-refractivity contribution >= 4 is 28.5 Å². The molecule has 0 spiro atoms. The third kappa shape index (κ3) is 3.46. The molecule has 0 aliphatic heterocycles. The van der Waals surface area contributed by atoms with Gasteiger partial charge >= 0.3 is 6.03 Å². The molecule has 3 rings (SSSR count). The van der Waals surface area contributed by atoms with Crippen molar-refractivity contribution in [3.05, 3.63) is 71.3 Å². The quantitative estimate of drug-likeness (QED) is 0.768. The average Bonchev–Trinajstić information content (AvgIpc) is 2.58. The number of amides is 3. The molecule has 0 bridgehead atoms. The van der Waals surface area contributed by atoms with Crippen LogP contribution in [0.3, 0.4) is 0 Å². The lowest BCUT2D eigenvalue weighted by molar-refractivity contribution is -0.120. The molecule has 2 aromatic carbocycles. The molecule has 0 radical (unpaired) electrons. The number of fused-ring (bicyclic) bond motifs is 1. The first-order valence-corrected chi connectivity index (χ1v) is 7.23. The molecule has 7 heteroatoms. The molecule has 0 unspecified atom stereocenters. The lowest BCUT2D eigenvalue weighted by Gasteiger charge is -2.08. The highest BCUT2D eigenvalue weighted by molar-refractivity contribution is 6.01. The van der Waals surface area contributed by atoms with E-state index in [0.29, 0.717) is 16.6 Å². The lowest BCUT2D eigenvalue weighted by atomic mass is 10.2. The first-order chi connectivity index (χ1) is 11.6. The Morgan fingerprint density at radius 3 is 2.50 bits per heavy atom. The van der Waals surface area contributed by atoms with E-state index < -0.39 is 11.9 Å². The van der Waals surface area contributed by atoms with E-state index in [1.807, 2.05) is 6.07 Å². The number of urea groups is 1. The molecular weight excluding hydrogens is 308 g/mol. The van der Waals surface area contributed by atoms with Crippen molar-refractivity contribution in [1.29, 1.82) is 0 Å². The third-order valence-electron chi connectivity index (χ3n) is 3.33. The van der Waals surface area contributed by atoms with Gasteiger partial charge < -0.3 is 5.32 Å². The van der Waals surface area contributed by atoms with Gasteiger partial charge in [-0.2, -0.15) is 0 Å². The van der Waals surface area contributed by atoms with Gasteiger partial charge in [0, 0.05) is 5.69 Å². The smallest absolute Gasteiger partial charge is 0.308 e. The molecule has 3 aromatic rings. The number of aromatic nitrogens is 2. The minimum absolute atomic E-state index is 0.293. The molecule has 2 N–H and O–H groups in total. The van der Waals surface area contributed by atoms with Gasteiger partial charge in [-0.1, -0.05) is 30.3 Å². The van der Waals surface area contributed by atoms with Crippen molar-refractivity contribution in [3.8, 4) is 0 Å². The molecule has 0 aliphatic carbocycles. The number of benzene rings is 2. The van der Waals surface area contributed by atoms with Crippen molar-refractivity contribution in [2.24, 2.45) is 0 Å². The van der Waals surface area contributed by atoms with Crippen LogP contribution in [0.25, 0.3) is 10.9 Å². The molecular formula is C17H14N4O3. The standard InChI is InChI=1S/C17H14N4O3/c22-15(20-17(24)19-12-6-2-1-3-7-12)10-21-11-18-14-9-5-4-8-13(14)16(21)23/h1-9,11H,10H2,(H2,19,20,22,24). The summed E-state index contributed by atoms with van der Waals surface area (Å²) >= 11 is 0. The van der Waals surface area contributed by atoms with Crippen LogP contribution in [0.1, 0.15) is 0 Å². The summed E-state index contributed by atoms with van der Waals surface area (Å²) in [6, 6.07) is 14.9. The second-order valence-electron chi connectivity index (χ2n) is 5.06. The van der Waals surface area contributed by atoms with Crippen molar-refractivity contribution < 1.29 is 9.59 Å². The Bertz CT molecular complexity index is 951. The minimum Gasteiger partial charge on any atom is -0.308 e. The van der Waals surface area contributed by atoms with Crippen LogP contribution >= 0.6 is 0 Å². The van der Waals surface area contributed by atoms with Gasteiger partial charge in [0.2, 0.25) is 5.91 Å². The van der Waals surface area contributed by atoms with Gasteiger partial charge in [0.05, 0.1) is 17.2 Å². The number of nitrogens with zero attached hydrogens (tertiary/aromatic N) is 2. The minimum atomic E-state index is -0.659. The van der Waals surface area contributed by atoms with E-state index in [1.165, 1.54) is 6.33 Å². The zero-order chi connectivity index (χ0) is 16.9. The summed E-state index contributed by atoms with van der Waals surface area (Å²) in [6.07, 6.45) is 1.29. The Balaban J connectivity index is 1.68. The summed E-state index contributed by atoms with van der Waals surface area (Å²) in [5.74, 6) is -0.609. The van der Waals surface area contributed by atoms with Gasteiger partial charge in [-0.3, -0.25) is 19.5 Å². The van der Waals surface area contributed by atoms with Crippen LogP contribution in [0.4, 0.5) is 10.5 Å². The van der Waals surface area contributed by atoms with E-state index >= 15 is 0 Å². The van der Waals surface area contributed by atoms with Crippen LogP contribution in [0.2, 0.25) is 0 Å². The van der Waals surface area contributed by atoms with E-state index in [4.69, 9.17) is 0 Å². The number of carbonyl (C=O) groups is 2. The van der Waals surface area contributed by atoms with E-state index in [2.05, 4.69) is 15.6 Å². The fourth-order valence-corrected chi connectivity index (χ4v) is 2.22. The van der Waals surface area contributed by atoms with Gasteiger partial charge in [-0.15, -0.1) is 0 Å². The first-order valence-electron chi connectivity index (χ1n) is 7.23. The Hall–Kier alpha value is -3.48. The maximum atomic E-state index is 12.3. The topological polar surface area (TPSA) is 93.1 Å². The Morgan fingerprint density at radius 2 is 1.71 bits per heavy atom. The van der Waals surface area contributed by atoms with E-state index in [-0.39, 0.29) is 12.1 Å². The highest BCUT2D eigenvalue weighted by atomic mass is 16.2. The van der Waals surface area contributed by atoms with Gasteiger partial charge in [0.25, 0.3) is 5.56 Å². The zero-order valence-electron chi connectivity index (χ0n) is 12.6. The third-order valence-corrected chi connectivity index (χ3v) is 3.33. The van der Waals surface area contributed by atoms with Crippen molar-refractivity contribution in [2.45, 2.75) is 6.54 Å². The van der Waals surface area contributed by atoms with Crippen LogP contribution < -0.4 is 16.2 Å². The van der Waals surface area contributed by atoms with Crippen molar-refractivity contribution in [3.63, 3.8) is 0 Å². The molecule has 0 fully saturated rings. The lowest BCUT2D eigenvalue weighted by Crippen LogP contribution is -2.38. The summed E-state index contributed by atoms with van der Waals surface area (Å²) in [5, 5.41) is 5.12. The summed E-state index contributed by atoms with van der Waals surface area (Å²) in [6.45, 7) is -0.293. The first kappa shape index (κ1) is 15.4. The second kappa shape index (κ2) is 6.74. The molecule has 0 aliphatic rings. The van der Waals surface area contributed by atoms with Gasteiger partial charge in [0.1, 0.15) is 6.54 Å². The number of imide groups is 1. The fraction of sp³-hybridized carbons (Fsp3) is 0.0588. The monoisotopic (exact) mass is 322 g/mol. The number of rotatable bonds is 3. The highest BCUT2D eigenvalue weighted by Gasteiger charge is 2.11. The van der Waals surface area contributed by atoms with Gasteiger partial charge in [-0.05, 0) is 24.3 Å². The number of carbonyl (C=O) groups excluding carboxylic acids is 2. The number of hydrogen-bond donors (Lipinski definition) is 2. The predicted octanol–water partition coefficient (Wildman–Crippen LogP) is 1.74. The SMILES string of the molecule is O=C(Cn1cnc2ccccc2c1=O)NC(=O)Nc1ccccc1. The zero-order valence-corrected chi connectivity index (χ0v) is 12.6. The molecule has 24 heavy (non-hydrogen) atoms. The van der Waals surface area contributed by atoms with E-state index in [9.17, 15) is 14.4 Å². The average molecular weight is 322 g/mol. The molecule has 3 amide bonds. The molecule has 0 atom stereocenters. The molecule has 120 valence electrons. The second-order valence-corrected chi connectivity index (χ2v) is 5.06. The van der Waals surface area contributed by atoms with Crippen LogP contribution in [-0.2, 0) is 11.3 Å². The Labute approximate surface area is 136 Å². The normalized spacial score (nSPS) is 10.3. The fourth-order valence-electron chi connectivity index (χ4n) is 2.22. The number of para-hydroxylation sites is 2. The molecule has 1 heterocycles. The Morgan fingerprint density at radius 1 is 1.00 bits per heavy atom. The summed E-state index contributed by atoms with van der Waals surface area (Å²) in [7, 11) is 0. The highest BCUT2D eigenvalue weighted by Crippen LogP contribution is 2.05. The van der Waals surface area contributed by atoms with Gasteiger partial charge in [-0.25, -0.2) is 9.78 Å². The van der Waals surface area contributed by atoms with Crippen molar-refractivity contribution in [1.82, 2.24) is 14.9 Å². The maximum Gasteiger partial charge on any atom is 0.325 e. The van der Waals surface area contributed by atoms with Crippen LogP contribution in [0, 0.1) is 0 Å². The summed E-state index contributed by atoms with van der Waals surface area (Å²) < 4.78 is 1.16. The number of anilines is 1. The van der Waals surface area contributed by atoms with Gasteiger partial charge in [0.15, 0.2) is 0 Å². The molecule has 0 saturated carbocycles. The summed E-state index contributed by atoms with van der Waals surface area (Å²) in [5.41, 5.74) is 0.785. The van der Waals surface area contributed by atoms with Crippen LogP contribution in [0.5, 0.6) is 0 Å². The molecule has 7 nitrogen and oxygen atoms in total. The van der Waals surface area contributed by atoms with Crippen molar-refractivity contribution in [2.75, 3.05) is 5.32 Å². The van der Waals surface area contributed by atoms with Crippen LogP contribution in [-0.4, -0.2) is 21.5 Å². The Kier molecular flexibility index (Phi) is 4.33. The van der Waals surface area contributed by atoms with E-state index in [0.717, 1.165) is 4.57 Å². The molecule has 0 saturated heterocycles. The largest absolute Gasteiger partial charge is 0.325 e. The predicted molar refractivity (Wildman–Crippen MR) is 89.6 cm³/mol. The number of nitrogens with one attached hydrogen (secondary N) is 2. The molecule has 1 aromatic heterocycles.